The van der Waals surface area contributed by atoms with Gasteiger partial charge in [0.15, 0.2) is 0 Å². The van der Waals surface area contributed by atoms with Crippen LogP contribution in [-0.2, 0) is 0 Å². The molecule has 0 amide bonds. The fourth-order valence-electron chi connectivity index (χ4n) is 6.19. The van der Waals surface area contributed by atoms with Crippen molar-refractivity contribution in [2.75, 3.05) is 0 Å². The Morgan fingerprint density at radius 2 is 1.72 bits per heavy atom. The largest absolute Gasteiger partial charge is 0.0700 e. The minimum absolute atomic E-state index is 0.501. The van der Waals surface area contributed by atoms with Crippen molar-refractivity contribution in [3.8, 4) is 0 Å². The molecule has 0 N–H and O–H groups in total. The van der Waals surface area contributed by atoms with Gasteiger partial charge in [-0.15, -0.1) is 0 Å². The molecule has 0 aliphatic heterocycles. The first-order chi connectivity index (χ1) is 15.2. The summed E-state index contributed by atoms with van der Waals surface area (Å²) in [6.07, 6.45) is 21.8. The summed E-state index contributed by atoms with van der Waals surface area (Å²) in [7, 11) is 0. The van der Waals surface area contributed by atoms with Crippen molar-refractivity contribution in [3.05, 3.63) is 23.3 Å². The fraction of sp³-hybridized carbons (Fsp3) is 0.875. The lowest BCUT2D eigenvalue weighted by Crippen LogP contribution is -2.33. The summed E-state index contributed by atoms with van der Waals surface area (Å²) in [6, 6.07) is 0. The highest BCUT2D eigenvalue weighted by Gasteiger charge is 2.48. The molecule has 32 heavy (non-hydrogen) atoms. The molecule has 2 saturated carbocycles. The van der Waals surface area contributed by atoms with E-state index < -0.39 is 0 Å². The number of unbranched alkanes of at least 4 members (excludes halogenated alkanes) is 1. The molecule has 2 fully saturated rings. The van der Waals surface area contributed by atoms with Gasteiger partial charge in [0.05, 0.1) is 0 Å². The van der Waals surface area contributed by atoms with Gasteiger partial charge in [-0.05, 0) is 86.4 Å². The third kappa shape index (κ3) is 10.6. The molecule has 0 nitrogen and oxygen atoms in total. The Morgan fingerprint density at radius 1 is 1.06 bits per heavy atom. The van der Waals surface area contributed by atoms with E-state index in [0.29, 0.717) is 10.8 Å². The van der Waals surface area contributed by atoms with E-state index >= 15 is 0 Å². The molecule has 0 spiro atoms. The summed E-state index contributed by atoms with van der Waals surface area (Å²) in [5, 5.41) is 0. The maximum Gasteiger partial charge on any atom is -0.0143 e. The predicted molar refractivity (Wildman–Crippen MR) is 149 cm³/mol. The van der Waals surface area contributed by atoms with Crippen LogP contribution in [0.25, 0.3) is 0 Å². The summed E-state index contributed by atoms with van der Waals surface area (Å²) < 4.78 is 0. The molecular weight excluding hydrogens is 384 g/mol. The summed E-state index contributed by atoms with van der Waals surface area (Å²) >= 11 is 0. The second kappa shape index (κ2) is 16.2. The predicted octanol–water partition coefficient (Wildman–Crippen LogP) is 11.6. The maximum absolute atomic E-state index is 2.65. The summed E-state index contributed by atoms with van der Waals surface area (Å²) in [5.74, 6) is 2.61. The van der Waals surface area contributed by atoms with E-state index in [1.165, 1.54) is 77.0 Å². The molecule has 0 bridgehead atoms. The van der Waals surface area contributed by atoms with Crippen molar-refractivity contribution in [2.45, 2.75) is 153 Å². The lowest BCUT2D eigenvalue weighted by atomic mass is 9.62. The van der Waals surface area contributed by atoms with Gasteiger partial charge in [0.1, 0.15) is 0 Å². The number of fused-ring (bicyclic) bond motifs is 1. The summed E-state index contributed by atoms with van der Waals surface area (Å²) in [5.41, 5.74) is 4.56. The normalized spacial score (nSPS) is 26.9. The van der Waals surface area contributed by atoms with Crippen molar-refractivity contribution in [3.63, 3.8) is 0 Å². The Balaban J connectivity index is 0.00000227. The van der Waals surface area contributed by atoms with E-state index in [1.807, 2.05) is 27.7 Å². The summed E-state index contributed by atoms with van der Waals surface area (Å²) in [4.78, 5) is 0. The van der Waals surface area contributed by atoms with Crippen LogP contribution >= 0.6 is 0 Å². The van der Waals surface area contributed by atoms with Crippen LogP contribution in [0.1, 0.15) is 153 Å². The topological polar surface area (TPSA) is 0 Å². The van der Waals surface area contributed by atoms with E-state index in [0.717, 1.165) is 17.8 Å². The standard InChI is InChI=1S/C28H50.2C2H6/c1-8-12-23(21-22(2)3)15-16-24-13-11-20-28(7)25(17-18-26(24)28)14-9-10-19-27(4,5)6;2*1-2/h15-16,22,25-26H,8-14,17-21H2,1-7H3;2*1-2H3/b23-15-,24-16+;;. The first kappa shape index (κ1) is 31.5. The molecule has 0 aromatic heterocycles. The second-order valence-electron chi connectivity index (χ2n) is 11.9. The molecule has 0 heterocycles. The van der Waals surface area contributed by atoms with Crippen LogP contribution in [0, 0.1) is 28.6 Å². The van der Waals surface area contributed by atoms with Gasteiger partial charge in [0.2, 0.25) is 0 Å². The van der Waals surface area contributed by atoms with E-state index in [9.17, 15) is 0 Å². The van der Waals surface area contributed by atoms with Crippen LogP contribution in [0.5, 0.6) is 0 Å². The molecule has 3 unspecified atom stereocenters. The maximum atomic E-state index is 2.65. The average molecular weight is 447 g/mol. The minimum Gasteiger partial charge on any atom is -0.0700 e. The first-order valence-corrected chi connectivity index (χ1v) is 14.5. The summed E-state index contributed by atoms with van der Waals surface area (Å²) in [6.45, 7) is 24.8. The third-order valence-corrected chi connectivity index (χ3v) is 7.66. The molecule has 2 aliphatic rings. The van der Waals surface area contributed by atoms with Crippen LogP contribution in [0.15, 0.2) is 23.3 Å². The van der Waals surface area contributed by atoms with Crippen LogP contribution in [0.2, 0.25) is 0 Å². The van der Waals surface area contributed by atoms with Crippen molar-refractivity contribution in [1.29, 1.82) is 0 Å². The quantitative estimate of drug-likeness (QED) is 0.309. The highest BCUT2D eigenvalue weighted by atomic mass is 14.5. The molecule has 190 valence electrons. The molecule has 2 aliphatic carbocycles. The van der Waals surface area contributed by atoms with Crippen molar-refractivity contribution >= 4 is 0 Å². The molecule has 0 radical (unpaired) electrons. The van der Waals surface area contributed by atoms with Gasteiger partial charge in [-0.25, -0.2) is 0 Å². The first-order valence-electron chi connectivity index (χ1n) is 14.5. The second-order valence-corrected chi connectivity index (χ2v) is 11.9. The third-order valence-electron chi connectivity index (χ3n) is 7.66. The monoisotopic (exact) mass is 446 g/mol. The molecule has 2 rings (SSSR count). The number of hydrogen-bond acceptors (Lipinski definition) is 0. The van der Waals surface area contributed by atoms with E-state index in [2.05, 4.69) is 60.6 Å². The molecule has 0 saturated heterocycles. The van der Waals surface area contributed by atoms with Gasteiger partial charge in [-0.1, -0.05) is 119 Å². The zero-order chi connectivity index (χ0) is 24.8. The lowest BCUT2D eigenvalue weighted by molar-refractivity contribution is 0.126. The SMILES string of the molecule is CC.CC.CCC/C(=C/C=C1\CCCC2(C)C(CCCCC(C)(C)C)CCC12)CC(C)C. The van der Waals surface area contributed by atoms with Gasteiger partial charge in [-0.2, -0.15) is 0 Å². The zero-order valence-electron chi connectivity index (χ0n) is 24.4. The number of rotatable bonds is 9. The van der Waals surface area contributed by atoms with Gasteiger partial charge >= 0.3 is 0 Å². The van der Waals surface area contributed by atoms with Gasteiger partial charge in [0, 0.05) is 0 Å². The lowest BCUT2D eigenvalue weighted by Gasteiger charge is -2.42. The van der Waals surface area contributed by atoms with Crippen LogP contribution in [-0.4, -0.2) is 0 Å². The molecule has 0 heteroatoms. The van der Waals surface area contributed by atoms with Crippen molar-refractivity contribution in [2.24, 2.45) is 28.6 Å². The molecule has 0 aromatic rings. The van der Waals surface area contributed by atoms with Crippen molar-refractivity contribution < 1.29 is 0 Å². The van der Waals surface area contributed by atoms with E-state index in [-0.39, 0.29) is 0 Å². The Kier molecular flexibility index (Phi) is 15.9. The van der Waals surface area contributed by atoms with Crippen LogP contribution in [0.4, 0.5) is 0 Å². The van der Waals surface area contributed by atoms with Gasteiger partial charge < -0.3 is 0 Å². The van der Waals surface area contributed by atoms with Gasteiger partial charge in [0.25, 0.3) is 0 Å². The molecule has 3 atom stereocenters. The van der Waals surface area contributed by atoms with Crippen LogP contribution < -0.4 is 0 Å². The fourth-order valence-corrected chi connectivity index (χ4v) is 6.19. The minimum atomic E-state index is 0.501. The van der Waals surface area contributed by atoms with E-state index in [4.69, 9.17) is 0 Å². The smallest absolute Gasteiger partial charge is 0.0143 e. The van der Waals surface area contributed by atoms with Crippen molar-refractivity contribution in [1.82, 2.24) is 0 Å². The number of hydrogen-bond donors (Lipinski definition) is 0. The highest BCUT2D eigenvalue weighted by Crippen LogP contribution is 2.58. The number of allylic oxidation sites excluding steroid dienone is 4. The Bertz CT molecular complexity index is 527. The molecule has 0 aromatic carbocycles. The van der Waals surface area contributed by atoms with Gasteiger partial charge in [-0.3, -0.25) is 0 Å². The average Bonchev–Trinajstić information content (AvgIpc) is 3.08. The Morgan fingerprint density at radius 3 is 2.28 bits per heavy atom. The van der Waals surface area contributed by atoms with E-state index in [1.54, 1.807) is 11.1 Å². The van der Waals surface area contributed by atoms with Crippen LogP contribution in [0.3, 0.4) is 0 Å². The Hall–Kier alpha value is -0.520. The zero-order valence-corrected chi connectivity index (χ0v) is 24.4. The molecular formula is C32H62. The Labute approximate surface area is 205 Å². The highest BCUT2D eigenvalue weighted by molar-refractivity contribution is 5.25.